The lowest BCUT2D eigenvalue weighted by Gasteiger charge is -2.34. The summed E-state index contributed by atoms with van der Waals surface area (Å²) in [7, 11) is 0. The van der Waals surface area contributed by atoms with Crippen LogP contribution in [0, 0.1) is 10.5 Å². The molecule has 5 heterocycles. The predicted molar refractivity (Wildman–Crippen MR) is 182 cm³/mol. The molecular formula is C33H34BF2IN2O2S2. The van der Waals surface area contributed by atoms with Gasteiger partial charge >= 0.3 is 6.97 Å². The SMILES string of the molecule is CCC1=C(C)C2=C(c3ccc(I)cc3)c3c(C)c(CC)c(COCc4cccs4)n3[B-](F)(F)[N+]2=C1COCc1cccs1. The van der Waals surface area contributed by atoms with Crippen LogP contribution in [-0.4, -0.2) is 28.3 Å². The van der Waals surface area contributed by atoms with Crippen LogP contribution in [0.25, 0.3) is 5.57 Å². The molecule has 0 radical (unpaired) electrons. The molecule has 224 valence electrons. The van der Waals surface area contributed by atoms with Crippen LogP contribution in [0.15, 0.2) is 76.1 Å². The molecule has 4 nitrogen and oxygen atoms in total. The van der Waals surface area contributed by atoms with Crippen molar-refractivity contribution < 1.29 is 22.6 Å². The van der Waals surface area contributed by atoms with Crippen molar-refractivity contribution in [2.75, 3.05) is 6.61 Å². The monoisotopic (exact) mass is 730 g/mol. The van der Waals surface area contributed by atoms with Crippen molar-refractivity contribution in [3.05, 3.63) is 118 Å². The number of nitrogens with zero attached hydrogens (tertiary/aromatic N) is 2. The second-order valence-electron chi connectivity index (χ2n) is 10.9. The highest BCUT2D eigenvalue weighted by atomic mass is 127. The maximum atomic E-state index is 17.4. The maximum Gasteiger partial charge on any atom is 0.737 e. The Bertz CT molecular complexity index is 1740. The van der Waals surface area contributed by atoms with Crippen LogP contribution in [0.3, 0.4) is 0 Å². The van der Waals surface area contributed by atoms with Crippen LogP contribution in [-0.2, 0) is 35.7 Å². The van der Waals surface area contributed by atoms with Crippen LogP contribution in [0.5, 0.6) is 0 Å². The highest BCUT2D eigenvalue weighted by molar-refractivity contribution is 14.1. The van der Waals surface area contributed by atoms with E-state index in [0.717, 1.165) is 46.7 Å². The van der Waals surface area contributed by atoms with E-state index in [2.05, 4.69) is 34.7 Å². The third-order valence-electron chi connectivity index (χ3n) is 8.44. The third kappa shape index (κ3) is 5.43. The van der Waals surface area contributed by atoms with Crippen molar-refractivity contribution >= 4 is 63.5 Å². The molecule has 2 aliphatic rings. The van der Waals surface area contributed by atoms with Gasteiger partial charge in [0.25, 0.3) is 0 Å². The van der Waals surface area contributed by atoms with Gasteiger partial charge in [-0.2, -0.15) is 0 Å². The molecule has 1 aromatic carbocycles. The number of hydrogen-bond acceptors (Lipinski definition) is 4. The van der Waals surface area contributed by atoms with Gasteiger partial charge in [0, 0.05) is 35.9 Å². The molecule has 43 heavy (non-hydrogen) atoms. The smallest absolute Gasteiger partial charge is 0.391 e. The summed E-state index contributed by atoms with van der Waals surface area (Å²) in [4.78, 5) is 2.15. The summed E-state index contributed by atoms with van der Waals surface area (Å²) < 4.78 is 50.8. The van der Waals surface area contributed by atoms with Crippen LogP contribution < -0.4 is 0 Å². The summed E-state index contributed by atoms with van der Waals surface area (Å²) in [5.41, 5.74) is 7.73. The quantitative estimate of drug-likeness (QED) is 0.114. The van der Waals surface area contributed by atoms with Gasteiger partial charge in [0.2, 0.25) is 0 Å². The number of ether oxygens (including phenoxy) is 2. The molecule has 0 aliphatic carbocycles. The molecule has 0 fully saturated rings. The Morgan fingerprint density at radius 1 is 0.860 bits per heavy atom. The molecule has 0 saturated carbocycles. The Balaban J connectivity index is 1.56. The summed E-state index contributed by atoms with van der Waals surface area (Å²) in [5.74, 6) is 0. The summed E-state index contributed by atoms with van der Waals surface area (Å²) in [6, 6.07) is 16.2. The van der Waals surface area contributed by atoms with Crippen molar-refractivity contribution in [1.29, 1.82) is 0 Å². The second kappa shape index (κ2) is 12.6. The van der Waals surface area contributed by atoms with Crippen LogP contribution in [0.1, 0.15) is 65.0 Å². The normalized spacial score (nSPS) is 16.0. The zero-order valence-corrected chi connectivity index (χ0v) is 28.5. The lowest BCUT2D eigenvalue weighted by Crippen LogP contribution is -2.52. The first-order chi connectivity index (χ1) is 20.8. The first kappa shape index (κ1) is 30.6. The number of halogens is 3. The topological polar surface area (TPSA) is 26.4 Å². The van der Waals surface area contributed by atoms with Gasteiger partial charge in [0.05, 0.1) is 25.4 Å². The fourth-order valence-corrected chi connectivity index (χ4v) is 8.24. The van der Waals surface area contributed by atoms with Gasteiger partial charge in [-0.3, -0.25) is 0 Å². The minimum absolute atomic E-state index is 0.111. The average Bonchev–Trinajstić information content (AvgIpc) is 3.78. The van der Waals surface area contributed by atoms with E-state index in [-0.39, 0.29) is 13.2 Å². The highest BCUT2D eigenvalue weighted by Gasteiger charge is 2.57. The minimum atomic E-state index is -4.25. The largest absolute Gasteiger partial charge is 0.737 e. The van der Waals surface area contributed by atoms with Crippen molar-refractivity contribution in [3.8, 4) is 0 Å². The molecule has 0 atom stereocenters. The van der Waals surface area contributed by atoms with Gasteiger partial charge in [0.15, 0.2) is 11.4 Å². The van der Waals surface area contributed by atoms with Crippen LogP contribution in [0.2, 0.25) is 0 Å². The van der Waals surface area contributed by atoms with Gasteiger partial charge in [-0.05, 0) is 101 Å². The number of allylic oxidation sites excluding steroid dienone is 1. The van der Waals surface area contributed by atoms with Crippen molar-refractivity contribution in [3.63, 3.8) is 0 Å². The Morgan fingerprint density at radius 2 is 1.49 bits per heavy atom. The summed E-state index contributed by atoms with van der Waals surface area (Å²) in [6.45, 7) is 4.81. The van der Waals surface area contributed by atoms with Gasteiger partial charge in [-0.1, -0.05) is 38.1 Å². The predicted octanol–water partition coefficient (Wildman–Crippen LogP) is 9.21. The van der Waals surface area contributed by atoms with E-state index in [1.807, 2.05) is 74.9 Å². The summed E-state index contributed by atoms with van der Waals surface area (Å²) in [6.07, 6.45) is 1.28. The van der Waals surface area contributed by atoms with E-state index in [1.54, 1.807) is 22.7 Å². The van der Waals surface area contributed by atoms with Gasteiger partial charge in [-0.25, -0.2) is 0 Å². The first-order valence-electron chi connectivity index (χ1n) is 14.6. The van der Waals surface area contributed by atoms with Gasteiger partial charge in [-0.15, -0.1) is 22.7 Å². The van der Waals surface area contributed by atoms with E-state index >= 15 is 8.63 Å². The Labute approximate surface area is 273 Å². The second-order valence-corrected chi connectivity index (χ2v) is 14.2. The van der Waals surface area contributed by atoms with Gasteiger partial charge < -0.3 is 27.1 Å². The number of hydrogen-bond donors (Lipinski definition) is 0. The molecule has 0 amide bonds. The average molecular weight is 730 g/mol. The fourth-order valence-electron chi connectivity index (χ4n) is 6.60. The maximum absolute atomic E-state index is 17.4. The first-order valence-corrected chi connectivity index (χ1v) is 17.4. The Morgan fingerprint density at radius 3 is 2.05 bits per heavy atom. The van der Waals surface area contributed by atoms with Crippen molar-refractivity contribution in [1.82, 2.24) is 4.48 Å². The van der Waals surface area contributed by atoms with Crippen LogP contribution in [0.4, 0.5) is 8.63 Å². The molecule has 0 N–H and O–H groups in total. The van der Waals surface area contributed by atoms with E-state index in [9.17, 15) is 0 Å². The number of aromatic nitrogens is 1. The van der Waals surface area contributed by atoms with Crippen molar-refractivity contribution in [2.24, 2.45) is 0 Å². The Hall–Kier alpha value is -2.38. The standard InChI is InChI=1S/C33H34BF2IN2O2S2/c1-5-27-21(3)32-31(23-11-13-24(37)14-12-23)33-22(4)28(6-2)30(20-41-18-26-10-8-16-43-26)39(33)34(35,36)38(32)29(27)19-40-17-25-9-7-15-42-25/h7-16H,5-6,17-20H2,1-4H3. The molecular weight excluding hydrogens is 696 g/mol. The molecule has 0 spiro atoms. The molecule has 0 unspecified atom stereocenters. The molecule has 2 aliphatic heterocycles. The Kier molecular flexibility index (Phi) is 8.95. The van der Waals surface area contributed by atoms with Crippen molar-refractivity contribution in [2.45, 2.75) is 60.4 Å². The molecule has 4 aromatic rings. The molecule has 10 heteroatoms. The van der Waals surface area contributed by atoms with E-state index < -0.39 is 6.97 Å². The third-order valence-corrected chi connectivity index (χ3v) is 10.9. The fraction of sp³-hybridized carbons (Fsp3) is 0.303. The molecule has 0 saturated heterocycles. The van der Waals surface area contributed by atoms with E-state index in [0.29, 0.717) is 48.9 Å². The number of thiophene rings is 2. The zero-order chi connectivity index (χ0) is 30.3. The molecule has 6 rings (SSSR count). The highest BCUT2D eigenvalue weighted by Crippen LogP contribution is 2.47. The lowest BCUT2D eigenvalue weighted by molar-refractivity contribution is -0.365. The number of rotatable bonds is 11. The summed E-state index contributed by atoms with van der Waals surface area (Å²) in [5, 5.41) is 4.00. The molecule has 3 aromatic heterocycles. The summed E-state index contributed by atoms with van der Waals surface area (Å²) >= 11 is 5.51. The van der Waals surface area contributed by atoms with Crippen LogP contribution >= 0.6 is 45.3 Å². The molecule has 0 bridgehead atoms. The zero-order valence-electron chi connectivity index (χ0n) is 24.8. The number of benzene rings is 1. The number of fused-ring (bicyclic) bond motifs is 2. The van der Waals surface area contributed by atoms with E-state index in [1.165, 1.54) is 8.96 Å². The minimum Gasteiger partial charge on any atom is -0.391 e. The van der Waals surface area contributed by atoms with Gasteiger partial charge in [0.1, 0.15) is 6.61 Å². The van der Waals surface area contributed by atoms with E-state index in [4.69, 9.17) is 9.47 Å². The lowest BCUT2D eigenvalue weighted by atomic mass is 9.83.